The second-order valence-corrected chi connectivity index (χ2v) is 8.29. The summed E-state index contributed by atoms with van der Waals surface area (Å²) in [5.41, 5.74) is 2.66. The topological polar surface area (TPSA) is 67.7 Å². The summed E-state index contributed by atoms with van der Waals surface area (Å²) < 4.78 is 6.97. The maximum absolute atomic E-state index is 13.1. The molecule has 0 aliphatic carbocycles. The van der Waals surface area contributed by atoms with E-state index in [4.69, 9.17) is 4.74 Å². The first-order valence-electron chi connectivity index (χ1n) is 11.4. The van der Waals surface area contributed by atoms with Gasteiger partial charge >= 0.3 is 0 Å². The van der Waals surface area contributed by atoms with Gasteiger partial charge < -0.3 is 9.64 Å². The number of nitrogens with zero attached hydrogens (tertiary/aromatic N) is 4. The zero-order chi connectivity index (χ0) is 23.0. The van der Waals surface area contributed by atoms with Crippen molar-refractivity contribution in [1.29, 1.82) is 0 Å². The molecule has 0 unspecified atom stereocenters. The number of carbonyl (C=O) groups is 1. The second-order valence-electron chi connectivity index (χ2n) is 8.29. The zero-order valence-electron chi connectivity index (χ0n) is 19.0. The number of amides is 1. The molecule has 33 heavy (non-hydrogen) atoms. The fourth-order valence-corrected chi connectivity index (χ4v) is 4.01. The van der Waals surface area contributed by atoms with Crippen LogP contribution < -0.4 is 10.3 Å². The van der Waals surface area contributed by atoms with Crippen LogP contribution in [-0.2, 0) is 13.1 Å². The number of ether oxygens (including phenoxy) is 1. The summed E-state index contributed by atoms with van der Waals surface area (Å²) in [7, 11) is 0. The predicted molar refractivity (Wildman–Crippen MR) is 127 cm³/mol. The maximum Gasteiger partial charge on any atom is 0.274 e. The summed E-state index contributed by atoms with van der Waals surface area (Å²) in [4.78, 5) is 29.6. The monoisotopic (exact) mass is 446 g/mol. The summed E-state index contributed by atoms with van der Waals surface area (Å²) in [6.45, 7) is 6.68. The van der Waals surface area contributed by atoms with E-state index in [0.29, 0.717) is 25.4 Å². The van der Waals surface area contributed by atoms with E-state index in [1.54, 1.807) is 0 Å². The number of hydrogen-bond acceptors (Lipinski definition) is 5. The fourth-order valence-electron chi connectivity index (χ4n) is 4.01. The van der Waals surface area contributed by atoms with E-state index >= 15 is 0 Å². The fraction of sp³-hybridized carbons (Fsp3) is 0.346. The molecule has 0 bridgehead atoms. The van der Waals surface area contributed by atoms with Crippen molar-refractivity contribution in [2.45, 2.75) is 26.4 Å². The number of benzene rings is 2. The third-order valence-electron chi connectivity index (χ3n) is 5.93. The van der Waals surface area contributed by atoms with Crippen LogP contribution in [0.15, 0.2) is 71.5 Å². The van der Waals surface area contributed by atoms with Gasteiger partial charge in [0.05, 0.1) is 6.54 Å². The van der Waals surface area contributed by atoms with E-state index in [-0.39, 0.29) is 18.0 Å². The Morgan fingerprint density at radius 1 is 0.939 bits per heavy atom. The van der Waals surface area contributed by atoms with Crippen molar-refractivity contribution in [3.05, 3.63) is 93.9 Å². The predicted octanol–water partition coefficient (Wildman–Crippen LogP) is 2.98. The van der Waals surface area contributed by atoms with E-state index in [2.05, 4.69) is 41.2 Å². The largest absolute Gasteiger partial charge is 0.492 e. The van der Waals surface area contributed by atoms with Crippen molar-refractivity contribution < 1.29 is 9.53 Å². The first-order valence-corrected chi connectivity index (χ1v) is 11.4. The van der Waals surface area contributed by atoms with Gasteiger partial charge in [0.2, 0.25) is 0 Å². The summed E-state index contributed by atoms with van der Waals surface area (Å²) >= 11 is 0. The van der Waals surface area contributed by atoms with Crippen LogP contribution in [0.5, 0.6) is 5.75 Å². The zero-order valence-corrected chi connectivity index (χ0v) is 19.0. The van der Waals surface area contributed by atoms with E-state index < -0.39 is 0 Å². The van der Waals surface area contributed by atoms with Gasteiger partial charge in [-0.3, -0.25) is 14.5 Å². The Morgan fingerprint density at radius 3 is 2.55 bits per heavy atom. The molecule has 0 saturated carbocycles. The van der Waals surface area contributed by atoms with Crippen molar-refractivity contribution in [2.75, 3.05) is 32.8 Å². The first kappa shape index (κ1) is 22.7. The van der Waals surface area contributed by atoms with Crippen LogP contribution in [0.3, 0.4) is 0 Å². The van der Waals surface area contributed by atoms with Gasteiger partial charge in [-0.25, -0.2) is 4.68 Å². The molecule has 7 heteroatoms. The molecule has 1 amide bonds. The Balaban J connectivity index is 1.36. The van der Waals surface area contributed by atoms with Crippen LogP contribution in [0.25, 0.3) is 0 Å². The molecule has 0 atom stereocenters. The normalized spacial score (nSPS) is 14.6. The SMILES string of the molecule is Cc1ccccc1CN1CCCN(C(=O)c2ccc(=O)n(CCOc3ccccc3)n2)CC1. The number of aryl methyl sites for hydroxylation is 1. The first-order chi connectivity index (χ1) is 16.1. The van der Waals surface area contributed by atoms with Crippen LogP contribution >= 0.6 is 0 Å². The Morgan fingerprint density at radius 2 is 1.73 bits per heavy atom. The van der Waals surface area contributed by atoms with Crippen LogP contribution in [-0.4, -0.2) is 58.3 Å². The average molecular weight is 447 g/mol. The molecule has 2 aromatic carbocycles. The quantitative estimate of drug-likeness (QED) is 0.558. The molecule has 1 saturated heterocycles. The minimum Gasteiger partial charge on any atom is -0.492 e. The number of aromatic nitrogens is 2. The highest BCUT2D eigenvalue weighted by molar-refractivity contribution is 5.92. The highest BCUT2D eigenvalue weighted by Crippen LogP contribution is 2.14. The van der Waals surface area contributed by atoms with E-state index in [1.165, 1.54) is 27.9 Å². The lowest BCUT2D eigenvalue weighted by Gasteiger charge is -2.22. The van der Waals surface area contributed by atoms with Crippen molar-refractivity contribution in [2.24, 2.45) is 0 Å². The molecule has 1 fully saturated rings. The number of carbonyl (C=O) groups excluding carboxylic acids is 1. The maximum atomic E-state index is 13.1. The molecule has 3 aromatic rings. The lowest BCUT2D eigenvalue weighted by Crippen LogP contribution is -2.37. The van der Waals surface area contributed by atoms with Gasteiger partial charge in [-0.05, 0) is 42.7 Å². The van der Waals surface area contributed by atoms with Gasteiger partial charge in [0.15, 0.2) is 0 Å². The summed E-state index contributed by atoms with van der Waals surface area (Å²) in [5.74, 6) is 0.600. The lowest BCUT2D eigenvalue weighted by atomic mass is 10.1. The van der Waals surface area contributed by atoms with Crippen LogP contribution in [0.4, 0.5) is 0 Å². The molecule has 2 heterocycles. The van der Waals surface area contributed by atoms with Crippen LogP contribution in [0.1, 0.15) is 28.0 Å². The number of rotatable bonds is 7. The molecule has 1 aliphatic rings. The molecule has 0 spiro atoms. The van der Waals surface area contributed by atoms with E-state index in [0.717, 1.165) is 31.8 Å². The highest BCUT2D eigenvalue weighted by atomic mass is 16.5. The van der Waals surface area contributed by atoms with Gasteiger partial charge in [0.1, 0.15) is 18.1 Å². The summed E-state index contributed by atoms with van der Waals surface area (Å²) in [6, 6.07) is 20.8. The molecule has 0 radical (unpaired) electrons. The minimum atomic E-state index is -0.247. The summed E-state index contributed by atoms with van der Waals surface area (Å²) in [5, 5.41) is 4.33. The second kappa shape index (κ2) is 10.9. The molecule has 1 aliphatic heterocycles. The molecule has 1 aromatic heterocycles. The number of para-hydroxylation sites is 1. The third kappa shape index (κ3) is 6.08. The standard InChI is InChI=1S/C26H30N4O3/c1-21-8-5-6-9-22(21)20-28-14-7-15-29(17-16-28)26(32)24-12-13-25(31)30(27-24)18-19-33-23-10-3-2-4-11-23/h2-6,8-13H,7,14-20H2,1H3. The average Bonchev–Trinajstić information content (AvgIpc) is 3.08. The molecular formula is C26H30N4O3. The van der Waals surface area contributed by atoms with Gasteiger partial charge in [0.25, 0.3) is 11.5 Å². The molecule has 172 valence electrons. The molecule has 0 N–H and O–H groups in total. The van der Waals surface area contributed by atoms with Crippen LogP contribution in [0, 0.1) is 6.92 Å². The Hall–Kier alpha value is -3.45. The molecular weight excluding hydrogens is 416 g/mol. The summed E-state index contributed by atoms with van der Waals surface area (Å²) in [6.07, 6.45) is 0.905. The van der Waals surface area contributed by atoms with Crippen molar-refractivity contribution in [3.8, 4) is 5.75 Å². The van der Waals surface area contributed by atoms with Gasteiger partial charge in [-0.15, -0.1) is 0 Å². The van der Waals surface area contributed by atoms with Gasteiger partial charge in [0, 0.05) is 38.8 Å². The van der Waals surface area contributed by atoms with E-state index in [1.807, 2.05) is 35.2 Å². The van der Waals surface area contributed by atoms with Crippen molar-refractivity contribution in [1.82, 2.24) is 19.6 Å². The van der Waals surface area contributed by atoms with Gasteiger partial charge in [-0.2, -0.15) is 5.10 Å². The van der Waals surface area contributed by atoms with Crippen molar-refractivity contribution >= 4 is 5.91 Å². The highest BCUT2D eigenvalue weighted by Gasteiger charge is 2.22. The minimum absolute atomic E-state index is 0.134. The smallest absolute Gasteiger partial charge is 0.274 e. The van der Waals surface area contributed by atoms with Crippen LogP contribution in [0.2, 0.25) is 0 Å². The molecule has 4 rings (SSSR count). The Labute approximate surface area is 194 Å². The lowest BCUT2D eigenvalue weighted by molar-refractivity contribution is 0.0752. The Bertz CT molecular complexity index is 1130. The van der Waals surface area contributed by atoms with Gasteiger partial charge in [-0.1, -0.05) is 42.5 Å². The number of hydrogen-bond donors (Lipinski definition) is 0. The third-order valence-corrected chi connectivity index (χ3v) is 5.93. The van der Waals surface area contributed by atoms with Crippen molar-refractivity contribution in [3.63, 3.8) is 0 Å². The Kier molecular flexibility index (Phi) is 7.52. The van der Waals surface area contributed by atoms with E-state index in [9.17, 15) is 9.59 Å². The molecule has 7 nitrogen and oxygen atoms in total.